The fourth-order valence-corrected chi connectivity index (χ4v) is 3.01. The summed E-state index contributed by atoms with van der Waals surface area (Å²) in [5.41, 5.74) is 1.85. The molecule has 2 heterocycles. The van der Waals surface area contributed by atoms with Crippen molar-refractivity contribution < 1.29 is 4.39 Å². The van der Waals surface area contributed by atoms with Crippen molar-refractivity contribution in [2.24, 2.45) is 0 Å². The summed E-state index contributed by atoms with van der Waals surface area (Å²) in [4.78, 5) is 4.53. The number of halogens is 1. The highest BCUT2D eigenvalue weighted by Crippen LogP contribution is 2.22. The van der Waals surface area contributed by atoms with Gasteiger partial charge in [0, 0.05) is 32.7 Å². The van der Waals surface area contributed by atoms with E-state index < -0.39 is 0 Å². The van der Waals surface area contributed by atoms with E-state index in [1.54, 1.807) is 6.07 Å². The average molecular weight is 263 g/mol. The van der Waals surface area contributed by atoms with Gasteiger partial charge >= 0.3 is 0 Å². The summed E-state index contributed by atoms with van der Waals surface area (Å²) >= 11 is 0. The minimum atomic E-state index is -0.0707. The van der Waals surface area contributed by atoms with Crippen molar-refractivity contribution in [1.82, 2.24) is 10.2 Å². The smallest absolute Gasteiger partial charge is 0.146 e. The van der Waals surface area contributed by atoms with Crippen LogP contribution in [0.25, 0.3) is 0 Å². The lowest BCUT2D eigenvalue weighted by Crippen LogP contribution is -2.43. The van der Waals surface area contributed by atoms with Crippen LogP contribution in [-0.4, -0.2) is 44.2 Å². The summed E-state index contributed by atoms with van der Waals surface area (Å²) in [5.74, 6) is -0.0707. The van der Waals surface area contributed by atoms with Gasteiger partial charge in [-0.05, 0) is 43.6 Å². The molecule has 2 aliphatic rings. The van der Waals surface area contributed by atoms with E-state index in [0.29, 0.717) is 0 Å². The second-order valence-corrected chi connectivity index (χ2v) is 5.51. The fourth-order valence-electron chi connectivity index (χ4n) is 3.01. The van der Waals surface area contributed by atoms with E-state index in [-0.39, 0.29) is 5.82 Å². The van der Waals surface area contributed by atoms with Gasteiger partial charge in [-0.2, -0.15) is 0 Å². The van der Waals surface area contributed by atoms with Gasteiger partial charge in [-0.15, -0.1) is 0 Å². The molecular weight excluding hydrogens is 241 g/mol. The van der Waals surface area contributed by atoms with E-state index in [9.17, 15) is 4.39 Å². The highest BCUT2D eigenvalue weighted by molar-refractivity contribution is 5.49. The molecular formula is C15H22FN3. The summed E-state index contributed by atoms with van der Waals surface area (Å²) < 4.78 is 14.2. The molecule has 0 aliphatic carbocycles. The van der Waals surface area contributed by atoms with Gasteiger partial charge in [0.15, 0.2) is 0 Å². The van der Waals surface area contributed by atoms with Crippen LogP contribution in [0.15, 0.2) is 18.2 Å². The molecule has 0 spiro atoms. The predicted molar refractivity (Wildman–Crippen MR) is 76.0 cm³/mol. The normalized spacial score (nSPS) is 21.0. The third-order valence-electron chi connectivity index (χ3n) is 4.07. The van der Waals surface area contributed by atoms with E-state index in [2.05, 4.69) is 21.2 Å². The zero-order valence-corrected chi connectivity index (χ0v) is 11.4. The van der Waals surface area contributed by atoms with Crippen LogP contribution < -0.4 is 10.2 Å². The van der Waals surface area contributed by atoms with Crippen LogP contribution in [0.5, 0.6) is 0 Å². The lowest BCUT2D eigenvalue weighted by molar-refractivity contribution is 0.331. The first-order valence-electron chi connectivity index (χ1n) is 7.29. The Morgan fingerprint density at radius 1 is 1.05 bits per heavy atom. The van der Waals surface area contributed by atoms with E-state index in [0.717, 1.165) is 57.1 Å². The maximum absolute atomic E-state index is 14.2. The van der Waals surface area contributed by atoms with Crippen molar-refractivity contribution in [2.75, 3.05) is 44.2 Å². The molecule has 2 saturated heterocycles. The Kier molecular flexibility index (Phi) is 3.99. The van der Waals surface area contributed by atoms with Crippen molar-refractivity contribution in [1.29, 1.82) is 0 Å². The van der Waals surface area contributed by atoms with Crippen LogP contribution in [0.2, 0.25) is 0 Å². The van der Waals surface area contributed by atoms with Gasteiger partial charge in [0.25, 0.3) is 0 Å². The van der Waals surface area contributed by atoms with E-state index in [4.69, 9.17) is 0 Å². The summed E-state index contributed by atoms with van der Waals surface area (Å²) in [6.45, 7) is 6.86. The molecule has 2 fully saturated rings. The number of rotatable bonds is 3. The minimum absolute atomic E-state index is 0.0707. The van der Waals surface area contributed by atoms with Gasteiger partial charge in [-0.3, -0.25) is 4.90 Å². The molecule has 0 atom stereocenters. The lowest BCUT2D eigenvalue weighted by Gasteiger charge is -2.30. The van der Waals surface area contributed by atoms with Gasteiger partial charge in [0.05, 0.1) is 5.69 Å². The van der Waals surface area contributed by atoms with Crippen molar-refractivity contribution in [3.05, 3.63) is 29.6 Å². The Labute approximate surface area is 114 Å². The quantitative estimate of drug-likeness (QED) is 0.897. The monoisotopic (exact) mass is 263 g/mol. The van der Waals surface area contributed by atoms with Crippen LogP contribution in [0.3, 0.4) is 0 Å². The number of nitrogens with zero attached hydrogens (tertiary/aromatic N) is 2. The molecule has 0 aromatic heterocycles. The van der Waals surface area contributed by atoms with Gasteiger partial charge in [-0.1, -0.05) is 6.07 Å². The van der Waals surface area contributed by atoms with Crippen LogP contribution >= 0.6 is 0 Å². The topological polar surface area (TPSA) is 18.5 Å². The summed E-state index contributed by atoms with van der Waals surface area (Å²) in [6, 6.07) is 5.75. The molecule has 0 amide bonds. The average Bonchev–Trinajstić information content (AvgIpc) is 2.93. The molecule has 1 aromatic rings. The molecule has 3 rings (SSSR count). The zero-order valence-electron chi connectivity index (χ0n) is 11.4. The first-order valence-corrected chi connectivity index (χ1v) is 7.29. The van der Waals surface area contributed by atoms with Crippen LogP contribution in [-0.2, 0) is 6.54 Å². The Hall–Kier alpha value is -1.13. The second kappa shape index (κ2) is 5.88. The molecule has 0 saturated carbocycles. The standard InChI is InChI=1S/C15H22FN3/c16-14-11-13(12-18-7-1-2-8-18)3-4-15(14)19-9-5-17-6-10-19/h3-4,11,17H,1-2,5-10,12H2. The zero-order chi connectivity index (χ0) is 13.1. The molecule has 1 aromatic carbocycles. The molecule has 19 heavy (non-hydrogen) atoms. The van der Waals surface area contributed by atoms with Crippen LogP contribution in [0.4, 0.5) is 10.1 Å². The van der Waals surface area contributed by atoms with Crippen molar-refractivity contribution in [3.8, 4) is 0 Å². The largest absolute Gasteiger partial charge is 0.367 e. The van der Waals surface area contributed by atoms with Gasteiger partial charge in [0.2, 0.25) is 0 Å². The fraction of sp³-hybridized carbons (Fsp3) is 0.600. The van der Waals surface area contributed by atoms with Crippen molar-refractivity contribution >= 4 is 5.69 Å². The Morgan fingerprint density at radius 3 is 2.47 bits per heavy atom. The molecule has 3 nitrogen and oxygen atoms in total. The second-order valence-electron chi connectivity index (χ2n) is 5.51. The molecule has 0 radical (unpaired) electrons. The molecule has 1 N–H and O–H groups in total. The number of nitrogens with one attached hydrogen (secondary N) is 1. The summed E-state index contributed by atoms with van der Waals surface area (Å²) in [5, 5.41) is 3.29. The predicted octanol–water partition coefficient (Wildman–Crippen LogP) is 1.83. The minimum Gasteiger partial charge on any atom is -0.367 e. The van der Waals surface area contributed by atoms with E-state index in [1.807, 2.05) is 6.07 Å². The number of hydrogen-bond acceptors (Lipinski definition) is 3. The van der Waals surface area contributed by atoms with Gasteiger partial charge in [0.1, 0.15) is 5.82 Å². The summed E-state index contributed by atoms with van der Waals surface area (Å²) in [7, 11) is 0. The lowest BCUT2D eigenvalue weighted by atomic mass is 10.1. The van der Waals surface area contributed by atoms with E-state index in [1.165, 1.54) is 12.8 Å². The van der Waals surface area contributed by atoms with E-state index >= 15 is 0 Å². The molecule has 4 heteroatoms. The summed E-state index contributed by atoms with van der Waals surface area (Å²) in [6.07, 6.45) is 2.56. The number of piperazine rings is 1. The third kappa shape index (κ3) is 3.07. The molecule has 104 valence electrons. The van der Waals surface area contributed by atoms with Gasteiger partial charge in [-0.25, -0.2) is 4.39 Å². The van der Waals surface area contributed by atoms with Crippen LogP contribution in [0, 0.1) is 5.82 Å². The highest BCUT2D eigenvalue weighted by Gasteiger charge is 2.16. The van der Waals surface area contributed by atoms with Crippen LogP contribution in [0.1, 0.15) is 18.4 Å². The van der Waals surface area contributed by atoms with Crippen molar-refractivity contribution in [3.63, 3.8) is 0 Å². The maximum atomic E-state index is 14.2. The molecule has 0 bridgehead atoms. The molecule has 0 unspecified atom stereocenters. The molecule has 2 aliphatic heterocycles. The Bertz CT molecular complexity index is 423. The van der Waals surface area contributed by atoms with Gasteiger partial charge < -0.3 is 10.2 Å². The SMILES string of the molecule is Fc1cc(CN2CCCC2)ccc1N1CCNCC1. The first-order chi connectivity index (χ1) is 9.33. The first kappa shape index (κ1) is 12.9. The number of anilines is 1. The number of likely N-dealkylation sites (tertiary alicyclic amines) is 1. The Morgan fingerprint density at radius 2 is 1.79 bits per heavy atom. The maximum Gasteiger partial charge on any atom is 0.146 e. The third-order valence-corrected chi connectivity index (χ3v) is 4.07. The Balaban J connectivity index is 1.69. The number of benzene rings is 1. The van der Waals surface area contributed by atoms with Crippen molar-refractivity contribution in [2.45, 2.75) is 19.4 Å². The number of hydrogen-bond donors (Lipinski definition) is 1. The highest BCUT2D eigenvalue weighted by atomic mass is 19.1.